The van der Waals surface area contributed by atoms with Crippen molar-refractivity contribution in [2.75, 3.05) is 26.0 Å². The number of hydrogen-bond donors (Lipinski definition) is 1. The number of methoxy groups -OCH3 is 1. The molecule has 0 aliphatic heterocycles. The average molecular weight is 381 g/mol. The summed E-state index contributed by atoms with van der Waals surface area (Å²) in [5.41, 5.74) is 1.26. The first-order chi connectivity index (χ1) is 13.3. The first-order valence-corrected chi connectivity index (χ1v) is 10.0. The molecule has 0 saturated carbocycles. The highest BCUT2D eigenvalue weighted by atomic mass is 32.2. The van der Waals surface area contributed by atoms with Gasteiger partial charge in [-0.3, -0.25) is 4.79 Å². The Bertz CT molecular complexity index is 892. The predicted molar refractivity (Wildman–Crippen MR) is 112 cm³/mol. The summed E-state index contributed by atoms with van der Waals surface area (Å²) in [6, 6.07) is 22.1. The maximum Gasteiger partial charge on any atom is 0.230 e. The van der Waals surface area contributed by atoms with Crippen molar-refractivity contribution < 1.29 is 14.3 Å². The fraction of sp³-hybridized carbons (Fsp3) is 0.227. The molecular weight excluding hydrogens is 358 g/mol. The molecule has 3 rings (SSSR count). The topological polar surface area (TPSA) is 47.6 Å². The summed E-state index contributed by atoms with van der Waals surface area (Å²) in [4.78, 5) is 12.0. The number of carbonyl (C=O) groups excluding carboxylic acids is 1. The van der Waals surface area contributed by atoms with E-state index in [0.29, 0.717) is 30.4 Å². The smallest absolute Gasteiger partial charge is 0.230 e. The van der Waals surface area contributed by atoms with Crippen LogP contribution < -0.4 is 14.8 Å². The van der Waals surface area contributed by atoms with E-state index in [4.69, 9.17) is 9.47 Å². The average Bonchev–Trinajstić information content (AvgIpc) is 2.71. The summed E-state index contributed by atoms with van der Waals surface area (Å²) in [5.74, 6) is 2.63. The van der Waals surface area contributed by atoms with Crippen LogP contribution in [0.15, 0.2) is 66.7 Å². The molecule has 0 fully saturated rings. The van der Waals surface area contributed by atoms with Crippen LogP contribution in [-0.4, -0.2) is 31.9 Å². The summed E-state index contributed by atoms with van der Waals surface area (Å²) in [5, 5.41) is 5.37. The molecule has 4 nitrogen and oxygen atoms in total. The van der Waals surface area contributed by atoms with Crippen LogP contribution >= 0.6 is 11.8 Å². The molecule has 0 radical (unpaired) electrons. The van der Waals surface area contributed by atoms with Crippen LogP contribution in [0.5, 0.6) is 11.5 Å². The Morgan fingerprint density at radius 2 is 1.70 bits per heavy atom. The number of hydrogen-bond acceptors (Lipinski definition) is 4. The lowest BCUT2D eigenvalue weighted by molar-refractivity contribution is -0.118. The van der Waals surface area contributed by atoms with Crippen LogP contribution in [0, 0.1) is 0 Å². The van der Waals surface area contributed by atoms with E-state index in [9.17, 15) is 4.79 Å². The van der Waals surface area contributed by atoms with Crippen molar-refractivity contribution in [1.29, 1.82) is 0 Å². The number of thioether (sulfide) groups is 1. The number of amides is 1. The van der Waals surface area contributed by atoms with Gasteiger partial charge >= 0.3 is 0 Å². The summed E-state index contributed by atoms with van der Waals surface area (Å²) < 4.78 is 10.9. The number of benzene rings is 3. The maximum atomic E-state index is 12.0. The van der Waals surface area contributed by atoms with E-state index in [2.05, 4.69) is 35.6 Å². The second-order valence-corrected chi connectivity index (χ2v) is 6.97. The molecule has 1 N–H and O–H groups in total. The van der Waals surface area contributed by atoms with Crippen LogP contribution in [0.1, 0.15) is 5.56 Å². The minimum absolute atomic E-state index is 0.0175. The Balaban J connectivity index is 1.38. The Kier molecular flexibility index (Phi) is 6.99. The Morgan fingerprint density at radius 3 is 2.56 bits per heavy atom. The molecule has 5 heteroatoms. The number of nitrogens with one attached hydrogen (secondary N) is 1. The first kappa shape index (κ1) is 19.1. The van der Waals surface area contributed by atoms with Crippen molar-refractivity contribution in [1.82, 2.24) is 5.32 Å². The lowest BCUT2D eigenvalue weighted by Gasteiger charge is -2.11. The van der Waals surface area contributed by atoms with E-state index >= 15 is 0 Å². The standard InChI is InChI=1S/C22H23NO3S/c1-25-20-11-4-5-12-21(20)26-14-13-23-22(24)16-27-15-18-9-6-8-17-7-2-3-10-19(17)18/h2-12H,13-16H2,1H3,(H,23,24). The molecule has 0 aromatic heterocycles. The van der Waals surface area contributed by atoms with Gasteiger partial charge in [-0.05, 0) is 28.5 Å². The molecule has 0 aliphatic rings. The number of carbonyl (C=O) groups is 1. The molecule has 0 aliphatic carbocycles. The van der Waals surface area contributed by atoms with Crippen LogP contribution in [0.2, 0.25) is 0 Å². The first-order valence-electron chi connectivity index (χ1n) is 8.85. The highest BCUT2D eigenvalue weighted by Crippen LogP contribution is 2.25. The summed E-state index contributed by atoms with van der Waals surface area (Å²) in [7, 11) is 1.61. The zero-order valence-corrected chi connectivity index (χ0v) is 16.1. The van der Waals surface area contributed by atoms with Crippen LogP contribution in [0.4, 0.5) is 0 Å². The lowest BCUT2D eigenvalue weighted by Crippen LogP contribution is -2.29. The van der Waals surface area contributed by atoms with Gasteiger partial charge in [0.05, 0.1) is 19.4 Å². The SMILES string of the molecule is COc1ccccc1OCCNC(=O)CSCc1cccc2ccccc12. The van der Waals surface area contributed by atoms with E-state index < -0.39 is 0 Å². The van der Waals surface area contributed by atoms with Crippen molar-refractivity contribution in [3.8, 4) is 11.5 Å². The lowest BCUT2D eigenvalue weighted by atomic mass is 10.1. The highest BCUT2D eigenvalue weighted by Gasteiger charge is 2.05. The minimum Gasteiger partial charge on any atom is -0.493 e. The fourth-order valence-electron chi connectivity index (χ4n) is 2.81. The molecule has 3 aromatic carbocycles. The number of ether oxygens (including phenoxy) is 2. The third-order valence-corrected chi connectivity index (χ3v) is 5.10. The van der Waals surface area contributed by atoms with Crippen molar-refractivity contribution in [2.45, 2.75) is 5.75 Å². The van der Waals surface area contributed by atoms with Gasteiger partial charge in [-0.25, -0.2) is 0 Å². The second kappa shape index (κ2) is 9.88. The van der Waals surface area contributed by atoms with Crippen molar-refractivity contribution in [3.05, 3.63) is 72.3 Å². The van der Waals surface area contributed by atoms with Gasteiger partial charge in [0.2, 0.25) is 5.91 Å². The monoisotopic (exact) mass is 381 g/mol. The van der Waals surface area contributed by atoms with Gasteiger partial charge in [-0.15, -0.1) is 11.8 Å². The van der Waals surface area contributed by atoms with E-state index in [-0.39, 0.29) is 5.91 Å². The van der Waals surface area contributed by atoms with E-state index in [1.165, 1.54) is 16.3 Å². The van der Waals surface area contributed by atoms with Gasteiger partial charge < -0.3 is 14.8 Å². The summed E-state index contributed by atoms with van der Waals surface area (Å²) >= 11 is 1.62. The quantitative estimate of drug-likeness (QED) is 0.562. The van der Waals surface area contributed by atoms with Crippen LogP contribution in [0.25, 0.3) is 10.8 Å². The van der Waals surface area contributed by atoms with E-state index in [1.807, 2.05) is 36.4 Å². The fourth-order valence-corrected chi connectivity index (χ4v) is 3.67. The molecule has 27 heavy (non-hydrogen) atoms. The Labute approximate surface area is 163 Å². The molecule has 140 valence electrons. The zero-order chi connectivity index (χ0) is 18.9. The molecule has 0 heterocycles. The zero-order valence-electron chi connectivity index (χ0n) is 15.3. The Morgan fingerprint density at radius 1 is 0.963 bits per heavy atom. The van der Waals surface area contributed by atoms with Crippen molar-refractivity contribution in [3.63, 3.8) is 0 Å². The minimum atomic E-state index is 0.0175. The van der Waals surface area contributed by atoms with Crippen molar-refractivity contribution >= 4 is 28.4 Å². The third kappa shape index (κ3) is 5.41. The van der Waals surface area contributed by atoms with E-state index in [1.54, 1.807) is 18.9 Å². The van der Waals surface area contributed by atoms with Gasteiger partial charge in [0.15, 0.2) is 11.5 Å². The summed E-state index contributed by atoms with van der Waals surface area (Å²) in [6.07, 6.45) is 0. The summed E-state index contributed by atoms with van der Waals surface area (Å²) in [6.45, 7) is 0.867. The largest absolute Gasteiger partial charge is 0.493 e. The molecule has 0 atom stereocenters. The number of rotatable bonds is 9. The third-order valence-electron chi connectivity index (χ3n) is 4.12. The van der Waals surface area contributed by atoms with Crippen LogP contribution in [0.3, 0.4) is 0 Å². The highest BCUT2D eigenvalue weighted by molar-refractivity contribution is 7.99. The molecule has 0 spiro atoms. The van der Waals surface area contributed by atoms with Gasteiger partial charge in [-0.2, -0.15) is 0 Å². The van der Waals surface area contributed by atoms with Crippen LogP contribution in [-0.2, 0) is 10.5 Å². The van der Waals surface area contributed by atoms with Crippen molar-refractivity contribution in [2.24, 2.45) is 0 Å². The molecule has 1 amide bonds. The predicted octanol–water partition coefficient (Wildman–Crippen LogP) is 4.28. The molecule has 0 saturated heterocycles. The number of para-hydroxylation sites is 2. The van der Waals surface area contributed by atoms with Gasteiger partial charge in [0.1, 0.15) is 6.61 Å². The maximum absolute atomic E-state index is 12.0. The molecule has 0 bridgehead atoms. The second-order valence-electron chi connectivity index (χ2n) is 5.98. The number of fused-ring (bicyclic) bond motifs is 1. The Hall–Kier alpha value is -2.66. The normalized spacial score (nSPS) is 10.6. The molecular formula is C22H23NO3S. The molecule has 0 unspecified atom stereocenters. The molecule has 3 aromatic rings. The van der Waals surface area contributed by atoms with Gasteiger partial charge in [0, 0.05) is 5.75 Å². The van der Waals surface area contributed by atoms with Gasteiger partial charge in [-0.1, -0.05) is 54.6 Å². The van der Waals surface area contributed by atoms with Gasteiger partial charge in [0.25, 0.3) is 0 Å². The van der Waals surface area contributed by atoms with E-state index in [0.717, 1.165) is 5.75 Å².